The van der Waals surface area contributed by atoms with Gasteiger partial charge in [0.15, 0.2) is 0 Å². The van der Waals surface area contributed by atoms with Crippen LogP contribution in [0.3, 0.4) is 0 Å². The Hall–Kier alpha value is -2.57. The van der Waals surface area contributed by atoms with Gasteiger partial charge in [-0.3, -0.25) is 9.59 Å². The van der Waals surface area contributed by atoms with E-state index in [4.69, 9.17) is 4.74 Å². The number of carbonyl (C=O) groups is 3. The summed E-state index contributed by atoms with van der Waals surface area (Å²) in [4.78, 5) is 37.0. The first kappa shape index (κ1) is 18.8. The smallest absolute Gasteiger partial charge is 0.409 e. The second-order valence-electron chi connectivity index (χ2n) is 5.93. The van der Waals surface area contributed by atoms with Gasteiger partial charge in [0.05, 0.1) is 6.61 Å². The molecule has 25 heavy (non-hydrogen) atoms. The summed E-state index contributed by atoms with van der Waals surface area (Å²) in [5, 5.41) is 5.36. The maximum atomic E-state index is 11.9. The number of likely N-dealkylation sites (tertiary alicyclic amines) is 1. The summed E-state index contributed by atoms with van der Waals surface area (Å²) >= 11 is 0. The highest BCUT2D eigenvalue weighted by atomic mass is 16.6. The molecule has 0 aliphatic carbocycles. The van der Waals surface area contributed by atoms with Gasteiger partial charge in [-0.25, -0.2) is 4.79 Å². The zero-order chi connectivity index (χ0) is 18.1. The van der Waals surface area contributed by atoms with E-state index < -0.39 is 11.8 Å². The molecule has 3 amide bonds. The molecule has 2 rings (SSSR count). The molecule has 0 radical (unpaired) electrons. The van der Waals surface area contributed by atoms with Crippen LogP contribution in [0.4, 0.5) is 4.79 Å². The summed E-state index contributed by atoms with van der Waals surface area (Å²) in [6.45, 7) is 3.55. The first-order valence-electron chi connectivity index (χ1n) is 8.64. The van der Waals surface area contributed by atoms with Gasteiger partial charge in [0.2, 0.25) is 0 Å². The molecule has 0 aromatic heterocycles. The van der Waals surface area contributed by atoms with Crippen LogP contribution in [0.5, 0.6) is 0 Å². The Morgan fingerprint density at radius 2 is 1.80 bits per heavy atom. The molecule has 0 spiro atoms. The first-order valence-corrected chi connectivity index (χ1v) is 8.64. The number of ether oxygens (including phenoxy) is 1. The van der Waals surface area contributed by atoms with E-state index in [0.29, 0.717) is 45.5 Å². The topological polar surface area (TPSA) is 87.7 Å². The lowest BCUT2D eigenvalue weighted by Gasteiger charge is -2.31. The zero-order valence-electron chi connectivity index (χ0n) is 14.5. The van der Waals surface area contributed by atoms with Crippen molar-refractivity contribution < 1.29 is 19.1 Å². The lowest BCUT2D eigenvalue weighted by atomic mass is 10.1. The Morgan fingerprint density at radius 3 is 2.44 bits per heavy atom. The molecule has 0 atom stereocenters. The van der Waals surface area contributed by atoms with Crippen LogP contribution >= 0.6 is 0 Å². The molecule has 1 heterocycles. The van der Waals surface area contributed by atoms with Crippen LogP contribution in [0.15, 0.2) is 30.3 Å². The van der Waals surface area contributed by atoms with Gasteiger partial charge in [-0.05, 0) is 31.7 Å². The summed E-state index contributed by atoms with van der Waals surface area (Å²) in [6, 6.07) is 9.66. The van der Waals surface area contributed by atoms with Crippen molar-refractivity contribution in [1.29, 1.82) is 0 Å². The highest BCUT2D eigenvalue weighted by Gasteiger charge is 2.26. The van der Waals surface area contributed by atoms with Gasteiger partial charge in [0.1, 0.15) is 0 Å². The Balaban J connectivity index is 1.66. The molecular weight excluding hydrogens is 322 g/mol. The van der Waals surface area contributed by atoms with Gasteiger partial charge in [-0.2, -0.15) is 0 Å². The van der Waals surface area contributed by atoms with Crippen molar-refractivity contribution in [3.8, 4) is 0 Å². The maximum absolute atomic E-state index is 11.9. The number of hydrogen-bond acceptors (Lipinski definition) is 4. The van der Waals surface area contributed by atoms with E-state index in [1.165, 1.54) is 0 Å². The third kappa shape index (κ3) is 6.10. The molecular formula is C18H25N3O4. The van der Waals surface area contributed by atoms with E-state index in [0.717, 1.165) is 5.56 Å². The predicted octanol–water partition coefficient (Wildman–Crippen LogP) is 1.08. The molecule has 2 N–H and O–H groups in total. The molecule has 1 aromatic carbocycles. The number of carbonyl (C=O) groups excluding carboxylic acids is 3. The van der Waals surface area contributed by atoms with Crippen LogP contribution in [0.1, 0.15) is 25.3 Å². The fourth-order valence-corrected chi connectivity index (χ4v) is 2.72. The molecule has 1 aliphatic heterocycles. The number of hydrogen-bond donors (Lipinski definition) is 2. The third-order valence-electron chi connectivity index (χ3n) is 4.10. The van der Waals surface area contributed by atoms with Crippen molar-refractivity contribution in [3.05, 3.63) is 35.9 Å². The SMILES string of the molecule is CCOC(=O)N1CCC(NC(=O)C(=O)NCCc2ccccc2)CC1. The molecule has 1 saturated heterocycles. The Labute approximate surface area is 147 Å². The van der Waals surface area contributed by atoms with Crippen molar-refractivity contribution >= 4 is 17.9 Å². The molecule has 0 bridgehead atoms. The minimum absolute atomic E-state index is 0.0990. The van der Waals surface area contributed by atoms with E-state index in [1.807, 2.05) is 30.3 Å². The second-order valence-corrected chi connectivity index (χ2v) is 5.93. The highest BCUT2D eigenvalue weighted by Crippen LogP contribution is 2.11. The van der Waals surface area contributed by atoms with E-state index in [2.05, 4.69) is 10.6 Å². The van der Waals surface area contributed by atoms with Crippen LogP contribution in [0, 0.1) is 0 Å². The Kier molecular flexibility index (Phi) is 7.25. The number of rotatable bonds is 5. The van der Waals surface area contributed by atoms with Crippen molar-refractivity contribution in [2.45, 2.75) is 32.2 Å². The normalized spacial score (nSPS) is 14.7. The average molecular weight is 347 g/mol. The summed E-state index contributed by atoms with van der Waals surface area (Å²) in [5.74, 6) is -1.24. The van der Waals surface area contributed by atoms with Crippen molar-refractivity contribution in [1.82, 2.24) is 15.5 Å². The molecule has 7 nitrogen and oxygen atoms in total. The quantitative estimate of drug-likeness (QED) is 0.781. The lowest BCUT2D eigenvalue weighted by molar-refractivity contribution is -0.139. The van der Waals surface area contributed by atoms with Crippen LogP contribution in [0.2, 0.25) is 0 Å². The average Bonchev–Trinajstić information content (AvgIpc) is 2.63. The Bertz CT molecular complexity index is 583. The number of nitrogens with one attached hydrogen (secondary N) is 2. The first-order chi connectivity index (χ1) is 12.1. The van der Waals surface area contributed by atoms with E-state index in [9.17, 15) is 14.4 Å². The molecule has 136 valence electrons. The maximum Gasteiger partial charge on any atom is 0.409 e. The zero-order valence-corrected chi connectivity index (χ0v) is 14.5. The number of benzene rings is 1. The van der Waals surface area contributed by atoms with Crippen molar-refractivity contribution in [2.24, 2.45) is 0 Å². The van der Waals surface area contributed by atoms with Gasteiger partial charge in [-0.15, -0.1) is 0 Å². The Morgan fingerprint density at radius 1 is 1.12 bits per heavy atom. The molecule has 0 saturated carbocycles. The minimum atomic E-state index is -0.623. The van der Waals surface area contributed by atoms with Crippen molar-refractivity contribution in [3.63, 3.8) is 0 Å². The number of nitrogens with zero attached hydrogens (tertiary/aromatic N) is 1. The fraction of sp³-hybridized carbons (Fsp3) is 0.500. The molecule has 7 heteroatoms. The van der Waals surface area contributed by atoms with Gasteiger partial charge in [-0.1, -0.05) is 30.3 Å². The van der Waals surface area contributed by atoms with Crippen molar-refractivity contribution in [2.75, 3.05) is 26.2 Å². The van der Waals surface area contributed by atoms with E-state index in [1.54, 1.807) is 11.8 Å². The van der Waals surface area contributed by atoms with Gasteiger partial charge >= 0.3 is 17.9 Å². The molecule has 0 unspecified atom stereocenters. The minimum Gasteiger partial charge on any atom is -0.450 e. The summed E-state index contributed by atoms with van der Waals surface area (Å²) in [7, 11) is 0. The van der Waals surface area contributed by atoms with Crippen LogP contribution in [-0.2, 0) is 20.7 Å². The summed E-state index contributed by atoms with van der Waals surface area (Å²) in [6.07, 6.45) is 1.58. The van der Waals surface area contributed by atoms with Crippen LogP contribution in [0.25, 0.3) is 0 Å². The standard InChI is InChI=1S/C18H25N3O4/c1-2-25-18(24)21-12-9-15(10-13-21)20-17(23)16(22)19-11-8-14-6-4-3-5-7-14/h3-7,15H,2,8-13H2,1H3,(H,19,22)(H,20,23). The second kappa shape index (κ2) is 9.66. The lowest BCUT2D eigenvalue weighted by Crippen LogP contribution is -2.50. The monoisotopic (exact) mass is 347 g/mol. The third-order valence-corrected chi connectivity index (χ3v) is 4.10. The van der Waals surface area contributed by atoms with Crippen LogP contribution < -0.4 is 10.6 Å². The summed E-state index contributed by atoms with van der Waals surface area (Å²) < 4.78 is 4.95. The number of amides is 3. The van der Waals surface area contributed by atoms with E-state index >= 15 is 0 Å². The van der Waals surface area contributed by atoms with E-state index in [-0.39, 0.29) is 12.1 Å². The number of piperidine rings is 1. The fourth-order valence-electron chi connectivity index (χ4n) is 2.72. The molecule has 1 aliphatic rings. The van der Waals surface area contributed by atoms with Crippen LogP contribution in [-0.4, -0.2) is 55.1 Å². The van der Waals surface area contributed by atoms with Gasteiger partial charge in [0.25, 0.3) is 0 Å². The van der Waals surface area contributed by atoms with Gasteiger partial charge in [0, 0.05) is 25.7 Å². The molecule has 1 aromatic rings. The largest absolute Gasteiger partial charge is 0.450 e. The predicted molar refractivity (Wildman–Crippen MR) is 92.9 cm³/mol. The molecule has 1 fully saturated rings. The van der Waals surface area contributed by atoms with Gasteiger partial charge < -0.3 is 20.3 Å². The highest BCUT2D eigenvalue weighted by molar-refractivity contribution is 6.35. The summed E-state index contributed by atoms with van der Waals surface area (Å²) in [5.41, 5.74) is 1.11.